The van der Waals surface area contributed by atoms with E-state index in [-0.39, 0.29) is 24.5 Å². The zero-order valence-electron chi connectivity index (χ0n) is 16.8. The van der Waals surface area contributed by atoms with Gasteiger partial charge in [0.1, 0.15) is 0 Å². The van der Waals surface area contributed by atoms with Crippen molar-refractivity contribution >= 4 is 40.9 Å². The fourth-order valence-electron chi connectivity index (χ4n) is 2.74. The monoisotopic (exact) mass is 464 g/mol. The fraction of sp³-hybridized carbons (Fsp3) is 0.450. The molecule has 2 aromatic rings. The first-order valence-electron chi connectivity index (χ1n) is 9.40. The lowest BCUT2D eigenvalue weighted by Crippen LogP contribution is -2.34. The molecule has 0 N–H and O–H groups in total. The third-order valence-electron chi connectivity index (χ3n) is 4.10. The van der Waals surface area contributed by atoms with Crippen LogP contribution >= 0.6 is 35.0 Å². The molecule has 10 heteroatoms. The highest BCUT2D eigenvalue weighted by Gasteiger charge is 2.20. The molecule has 1 amide bonds. The highest BCUT2D eigenvalue weighted by molar-refractivity contribution is 7.99. The Kier molecular flexibility index (Phi) is 9.45. The third-order valence-corrected chi connectivity index (χ3v) is 5.60. The summed E-state index contributed by atoms with van der Waals surface area (Å²) in [4.78, 5) is 14.2. The number of hydrogen-bond acceptors (Lipinski definition) is 6. The van der Waals surface area contributed by atoms with E-state index in [1.54, 1.807) is 23.1 Å². The van der Waals surface area contributed by atoms with E-state index in [2.05, 4.69) is 24.0 Å². The molecule has 7 nitrogen and oxygen atoms in total. The smallest absolute Gasteiger partial charge is 0.233 e. The van der Waals surface area contributed by atoms with Crippen LogP contribution in [-0.4, -0.2) is 44.4 Å². The predicted octanol–water partition coefficient (Wildman–Crippen LogP) is 4.66. The average Bonchev–Trinajstić information content (AvgIpc) is 3.08. The van der Waals surface area contributed by atoms with Crippen LogP contribution in [0.15, 0.2) is 23.4 Å². The van der Waals surface area contributed by atoms with Crippen molar-refractivity contribution in [2.24, 2.45) is 5.92 Å². The van der Waals surface area contributed by atoms with Crippen molar-refractivity contribution in [1.29, 1.82) is 10.5 Å². The van der Waals surface area contributed by atoms with Gasteiger partial charge in [0.2, 0.25) is 5.91 Å². The maximum Gasteiger partial charge on any atom is 0.233 e. The van der Waals surface area contributed by atoms with Crippen molar-refractivity contribution in [1.82, 2.24) is 19.7 Å². The van der Waals surface area contributed by atoms with Crippen molar-refractivity contribution < 1.29 is 4.79 Å². The molecule has 1 aromatic carbocycles. The summed E-state index contributed by atoms with van der Waals surface area (Å²) in [7, 11) is 0. The number of hydrogen-bond donors (Lipinski definition) is 0. The summed E-state index contributed by atoms with van der Waals surface area (Å²) in [6, 6.07) is 9.27. The Labute approximate surface area is 190 Å². The van der Waals surface area contributed by atoms with Crippen LogP contribution in [-0.2, 0) is 11.3 Å². The van der Waals surface area contributed by atoms with Crippen LogP contribution in [0.1, 0.15) is 26.7 Å². The molecule has 0 radical (unpaired) electrons. The summed E-state index contributed by atoms with van der Waals surface area (Å²) in [5.41, 5.74) is 0.720. The maximum absolute atomic E-state index is 12.6. The second-order valence-corrected chi connectivity index (χ2v) is 8.71. The van der Waals surface area contributed by atoms with Crippen LogP contribution in [0.4, 0.5) is 0 Å². The Bertz CT molecular complexity index is 945. The van der Waals surface area contributed by atoms with E-state index < -0.39 is 0 Å². The van der Waals surface area contributed by atoms with E-state index in [9.17, 15) is 4.79 Å². The van der Waals surface area contributed by atoms with E-state index in [1.165, 1.54) is 11.8 Å². The SMILES string of the molecule is CC(C)Cn1c(SCC(=O)N(CCC#N)CCC#N)nnc1-c1ccc(Cl)cc1Cl. The number of aromatic nitrogens is 3. The van der Waals surface area contributed by atoms with Crippen molar-refractivity contribution in [3.63, 3.8) is 0 Å². The Hall–Kier alpha value is -2.26. The summed E-state index contributed by atoms with van der Waals surface area (Å²) in [6.07, 6.45) is 0.454. The van der Waals surface area contributed by atoms with Gasteiger partial charge in [-0.05, 0) is 24.1 Å². The minimum Gasteiger partial charge on any atom is -0.340 e. The standard InChI is InChI=1S/C20H22Cl2N6OS/c1-14(2)12-28-19(16-6-5-15(21)11-17(16)22)25-26-20(28)30-13-18(29)27(9-3-7-23)10-4-8-24/h5-6,11,14H,3-4,9-10,12-13H2,1-2H3. The first-order chi connectivity index (χ1) is 14.4. The molecule has 30 heavy (non-hydrogen) atoms. The van der Waals surface area contributed by atoms with Crippen LogP contribution in [0, 0.1) is 28.6 Å². The molecule has 0 unspecified atom stereocenters. The summed E-state index contributed by atoms with van der Waals surface area (Å²) < 4.78 is 1.95. The van der Waals surface area contributed by atoms with Crippen molar-refractivity contribution in [3.8, 4) is 23.5 Å². The van der Waals surface area contributed by atoms with Gasteiger partial charge in [-0.2, -0.15) is 10.5 Å². The molecule has 0 aliphatic carbocycles. The Morgan fingerprint density at radius 1 is 1.20 bits per heavy atom. The second kappa shape index (κ2) is 11.8. The molecule has 0 spiro atoms. The number of benzene rings is 1. The number of thioether (sulfide) groups is 1. The van der Waals surface area contributed by atoms with Gasteiger partial charge in [0.25, 0.3) is 0 Å². The average molecular weight is 465 g/mol. The van der Waals surface area contributed by atoms with E-state index >= 15 is 0 Å². The number of halogens is 2. The molecular formula is C20H22Cl2N6OS. The van der Waals surface area contributed by atoms with Crippen LogP contribution in [0.5, 0.6) is 0 Å². The summed E-state index contributed by atoms with van der Waals surface area (Å²) in [5, 5.41) is 27.8. The van der Waals surface area contributed by atoms with Gasteiger partial charge in [-0.3, -0.25) is 4.79 Å². The predicted molar refractivity (Wildman–Crippen MR) is 118 cm³/mol. The number of amides is 1. The van der Waals surface area contributed by atoms with Crippen molar-refractivity contribution in [3.05, 3.63) is 28.2 Å². The third kappa shape index (κ3) is 6.63. The number of carbonyl (C=O) groups is 1. The molecule has 0 atom stereocenters. The molecule has 0 aliphatic heterocycles. The zero-order chi connectivity index (χ0) is 22.1. The van der Waals surface area contributed by atoms with Gasteiger partial charge in [-0.15, -0.1) is 10.2 Å². The normalized spacial score (nSPS) is 10.6. The first kappa shape index (κ1) is 24.0. The Balaban J connectivity index is 2.22. The second-order valence-electron chi connectivity index (χ2n) is 6.92. The molecule has 0 saturated heterocycles. The minimum atomic E-state index is -0.143. The molecule has 0 aliphatic rings. The van der Waals surface area contributed by atoms with Crippen molar-refractivity contribution in [2.75, 3.05) is 18.8 Å². The molecule has 0 bridgehead atoms. The topological polar surface area (TPSA) is 98.6 Å². The van der Waals surface area contributed by atoms with Gasteiger partial charge in [-0.25, -0.2) is 0 Å². The van der Waals surface area contributed by atoms with E-state index in [1.807, 2.05) is 16.7 Å². The van der Waals surface area contributed by atoms with Crippen LogP contribution in [0.25, 0.3) is 11.4 Å². The number of carbonyl (C=O) groups excluding carboxylic acids is 1. The van der Waals surface area contributed by atoms with Gasteiger partial charge >= 0.3 is 0 Å². The van der Waals surface area contributed by atoms with E-state index in [0.29, 0.717) is 46.6 Å². The highest BCUT2D eigenvalue weighted by Crippen LogP contribution is 2.32. The van der Waals surface area contributed by atoms with Crippen molar-refractivity contribution in [2.45, 2.75) is 38.4 Å². The van der Waals surface area contributed by atoms with Gasteiger partial charge in [0.05, 0.1) is 35.8 Å². The lowest BCUT2D eigenvalue weighted by molar-refractivity contribution is -0.128. The van der Waals surface area contributed by atoms with Crippen LogP contribution < -0.4 is 0 Å². The molecule has 0 fully saturated rings. The summed E-state index contributed by atoms with van der Waals surface area (Å²) >= 11 is 13.6. The lowest BCUT2D eigenvalue weighted by Gasteiger charge is -2.20. The quantitative estimate of drug-likeness (QED) is 0.474. The first-order valence-corrected chi connectivity index (χ1v) is 11.1. The van der Waals surface area contributed by atoms with Crippen LogP contribution in [0.2, 0.25) is 10.0 Å². The Morgan fingerprint density at radius 2 is 1.87 bits per heavy atom. The molecule has 1 aromatic heterocycles. The highest BCUT2D eigenvalue weighted by atomic mass is 35.5. The summed E-state index contributed by atoms with van der Waals surface area (Å²) in [6.45, 7) is 5.44. The van der Waals surface area contributed by atoms with E-state index in [4.69, 9.17) is 33.7 Å². The lowest BCUT2D eigenvalue weighted by atomic mass is 10.2. The zero-order valence-corrected chi connectivity index (χ0v) is 19.1. The summed E-state index contributed by atoms with van der Waals surface area (Å²) in [5.74, 6) is 0.937. The van der Waals surface area contributed by atoms with E-state index in [0.717, 1.165) is 5.56 Å². The minimum absolute atomic E-state index is 0.140. The largest absolute Gasteiger partial charge is 0.340 e. The fourth-order valence-corrected chi connectivity index (χ4v) is 4.09. The maximum atomic E-state index is 12.6. The van der Waals surface area contributed by atoms with Gasteiger partial charge in [0, 0.05) is 30.2 Å². The Morgan fingerprint density at radius 3 is 2.43 bits per heavy atom. The molecular weight excluding hydrogens is 443 g/mol. The van der Waals surface area contributed by atoms with Gasteiger partial charge in [0.15, 0.2) is 11.0 Å². The van der Waals surface area contributed by atoms with Gasteiger partial charge in [-0.1, -0.05) is 48.8 Å². The molecule has 158 valence electrons. The number of nitrogens with zero attached hydrogens (tertiary/aromatic N) is 6. The number of rotatable bonds is 10. The number of nitriles is 2. The molecule has 0 saturated carbocycles. The van der Waals surface area contributed by atoms with Crippen LogP contribution in [0.3, 0.4) is 0 Å². The molecule has 2 rings (SSSR count). The van der Waals surface area contributed by atoms with Gasteiger partial charge < -0.3 is 9.47 Å². The molecule has 1 heterocycles.